The Bertz CT molecular complexity index is 177. The highest BCUT2D eigenvalue weighted by atomic mass is 35.5. The predicted molar refractivity (Wildman–Crippen MR) is 50.5 cm³/mol. The van der Waals surface area contributed by atoms with Crippen LogP contribution in [0.2, 0.25) is 0 Å². The van der Waals surface area contributed by atoms with Gasteiger partial charge in [0.2, 0.25) is 0 Å². The first-order valence-corrected chi connectivity index (χ1v) is 3.92. The van der Waals surface area contributed by atoms with E-state index in [1.807, 2.05) is 12.3 Å². The number of pyridine rings is 1. The minimum atomic E-state index is 0. The van der Waals surface area contributed by atoms with E-state index < -0.39 is 0 Å². The van der Waals surface area contributed by atoms with E-state index in [1.54, 1.807) is 6.20 Å². The first-order chi connectivity index (χ1) is 4.93. The second-order valence-corrected chi connectivity index (χ2v) is 2.53. The highest BCUT2D eigenvalue weighted by molar-refractivity contribution is 6.17. The number of rotatable bonds is 3. The van der Waals surface area contributed by atoms with E-state index >= 15 is 0 Å². The van der Waals surface area contributed by atoms with E-state index in [-0.39, 0.29) is 12.4 Å². The molecule has 0 aliphatic carbocycles. The van der Waals surface area contributed by atoms with Gasteiger partial charge in [-0.25, -0.2) is 0 Å². The lowest BCUT2D eigenvalue weighted by Crippen LogP contribution is -1.85. The van der Waals surface area contributed by atoms with Gasteiger partial charge in [0.15, 0.2) is 0 Å². The molecule has 1 aromatic rings. The third-order valence-electron chi connectivity index (χ3n) is 1.32. The van der Waals surface area contributed by atoms with Gasteiger partial charge in [0.1, 0.15) is 0 Å². The Balaban J connectivity index is 0.000001000. The summed E-state index contributed by atoms with van der Waals surface area (Å²) in [5, 5.41) is 0. The van der Waals surface area contributed by atoms with Gasteiger partial charge >= 0.3 is 0 Å². The van der Waals surface area contributed by atoms with Crippen molar-refractivity contribution < 1.29 is 0 Å². The van der Waals surface area contributed by atoms with E-state index in [9.17, 15) is 0 Å². The van der Waals surface area contributed by atoms with Crippen LogP contribution in [0.1, 0.15) is 12.0 Å². The third kappa shape index (κ3) is 4.23. The van der Waals surface area contributed by atoms with Crippen LogP contribution in [-0.2, 0) is 6.42 Å². The van der Waals surface area contributed by atoms with Crippen molar-refractivity contribution in [2.24, 2.45) is 0 Å². The maximum Gasteiger partial charge on any atom is 0.0299 e. The molecular formula is C8H11Cl2N. The minimum Gasteiger partial charge on any atom is -0.264 e. The molecule has 1 nitrogen and oxygen atoms in total. The molecule has 11 heavy (non-hydrogen) atoms. The molecule has 3 heteroatoms. The van der Waals surface area contributed by atoms with Gasteiger partial charge in [0.05, 0.1) is 0 Å². The van der Waals surface area contributed by atoms with E-state index in [0.29, 0.717) is 0 Å². The zero-order valence-electron chi connectivity index (χ0n) is 6.16. The van der Waals surface area contributed by atoms with Crippen molar-refractivity contribution in [3.8, 4) is 0 Å². The van der Waals surface area contributed by atoms with Crippen molar-refractivity contribution in [1.29, 1.82) is 0 Å². The molecule has 0 unspecified atom stereocenters. The Morgan fingerprint density at radius 2 is 2.27 bits per heavy atom. The molecule has 0 N–H and O–H groups in total. The van der Waals surface area contributed by atoms with Crippen LogP contribution in [0.3, 0.4) is 0 Å². The molecule has 0 saturated heterocycles. The molecule has 1 rings (SSSR count). The van der Waals surface area contributed by atoms with Gasteiger partial charge in [-0.2, -0.15) is 0 Å². The molecule has 0 aromatic carbocycles. The number of aryl methyl sites for hydroxylation is 1. The summed E-state index contributed by atoms with van der Waals surface area (Å²) >= 11 is 5.53. The Morgan fingerprint density at radius 1 is 1.45 bits per heavy atom. The molecule has 0 fully saturated rings. The normalized spacial score (nSPS) is 8.82. The zero-order chi connectivity index (χ0) is 7.23. The Kier molecular flexibility index (Phi) is 6.28. The second-order valence-electron chi connectivity index (χ2n) is 2.15. The maximum absolute atomic E-state index is 5.53. The topological polar surface area (TPSA) is 12.9 Å². The van der Waals surface area contributed by atoms with Crippen molar-refractivity contribution in [3.05, 3.63) is 30.1 Å². The summed E-state index contributed by atoms with van der Waals surface area (Å²) < 4.78 is 0. The van der Waals surface area contributed by atoms with E-state index in [4.69, 9.17) is 11.6 Å². The fraction of sp³-hybridized carbons (Fsp3) is 0.375. The fourth-order valence-corrected chi connectivity index (χ4v) is 0.951. The maximum atomic E-state index is 5.53. The van der Waals surface area contributed by atoms with Gasteiger partial charge in [-0.05, 0) is 24.5 Å². The zero-order valence-corrected chi connectivity index (χ0v) is 7.74. The monoisotopic (exact) mass is 191 g/mol. The molecule has 1 heterocycles. The lowest BCUT2D eigenvalue weighted by atomic mass is 10.2. The van der Waals surface area contributed by atoms with Crippen LogP contribution in [0.15, 0.2) is 24.5 Å². The third-order valence-corrected chi connectivity index (χ3v) is 1.59. The molecule has 0 aliphatic heterocycles. The summed E-state index contributed by atoms with van der Waals surface area (Å²) in [7, 11) is 0. The second kappa shape index (κ2) is 6.44. The van der Waals surface area contributed by atoms with Crippen LogP contribution in [0.25, 0.3) is 0 Å². The number of alkyl halides is 1. The molecule has 62 valence electrons. The van der Waals surface area contributed by atoms with Gasteiger partial charge in [-0.15, -0.1) is 24.0 Å². The summed E-state index contributed by atoms with van der Waals surface area (Å²) in [6, 6.07) is 4.02. The van der Waals surface area contributed by atoms with Crippen molar-refractivity contribution in [2.45, 2.75) is 12.8 Å². The van der Waals surface area contributed by atoms with Gasteiger partial charge < -0.3 is 0 Å². The predicted octanol–water partition coefficient (Wildman–Crippen LogP) is 2.67. The highest BCUT2D eigenvalue weighted by Gasteiger charge is 1.89. The van der Waals surface area contributed by atoms with Crippen LogP contribution in [-0.4, -0.2) is 10.9 Å². The van der Waals surface area contributed by atoms with Crippen molar-refractivity contribution in [1.82, 2.24) is 4.98 Å². The van der Waals surface area contributed by atoms with Crippen LogP contribution in [0.4, 0.5) is 0 Å². The van der Waals surface area contributed by atoms with E-state index in [0.717, 1.165) is 18.7 Å². The molecule has 0 spiro atoms. The molecule has 0 atom stereocenters. The molecule has 0 aliphatic rings. The lowest BCUT2D eigenvalue weighted by Gasteiger charge is -1.95. The Morgan fingerprint density at radius 3 is 2.82 bits per heavy atom. The fourth-order valence-electron chi connectivity index (χ4n) is 0.817. The Labute approximate surface area is 78.2 Å². The quantitative estimate of drug-likeness (QED) is 0.671. The van der Waals surface area contributed by atoms with Gasteiger partial charge in [-0.1, -0.05) is 6.07 Å². The lowest BCUT2D eigenvalue weighted by molar-refractivity contribution is 0.920. The molecule has 0 bridgehead atoms. The Hall–Kier alpha value is -0.270. The van der Waals surface area contributed by atoms with Crippen LogP contribution in [0, 0.1) is 0 Å². The van der Waals surface area contributed by atoms with Crippen LogP contribution < -0.4 is 0 Å². The molecule has 0 amide bonds. The largest absolute Gasteiger partial charge is 0.264 e. The summed E-state index contributed by atoms with van der Waals surface area (Å²) in [5.74, 6) is 0.731. The van der Waals surface area contributed by atoms with Crippen LogP contribution >= 0.6 is 24.0 Å². The van der Waals surface area contributed by atoms with Crippen LogP contribution in [0.5, 0.6) is 0 Å². The smallest absolute Gasteiger partial charge is 0.0299 e. The highest BCUT2D eigenvalue weighted by Crippen LogP contribution is 2.00. The number of halogens is 2. The average Bonchev–Trinajstić information content (AvgIpc) is 2.03. The van der Waals surface area contributed by atoms with E-state index in [1.165, 1.54) is 5.56 Å². The molecular weight excluding hydrogens is 181 g/mol. The van der Waals surface area contributed by atoms with Gasteiger partial charge in [0, 0.05) is 18.3 Å². The number of hydrogen-bond donors (Lipinski definition) is 0. The minimum absolute atomic E-state index is 0. The molecule has 0 radical (unpaired) electrons. The standard InChI is InChI=1S/C8H10ClN.ClH/c9-5-1-3-8-4-2-6-10-7-8;/h2,4,6-7H,1,3,5H2;1H. The van der Waals surface area contributed by atoms with Crippen molar-refractivity contribution in [2.75, 3.05) is 5.88 Å². The SMILES string of the molecule is Cl.ClCCCc1cccnc1. The number of aromatic nitrogens is 1. The van der Waals surface area contributed by atoms with Gasteiger partial charge in [-0.3, -0.25) is 4.98 Å². The van der Waals surface area contributed by atoms with Crippen molar-refractivity contribution in [3.63, 3.8) is 0 Å². The average molecular weight is 192 g/mol. The van der Waals surface area contributed by atoms with Crippen molar-refractivity contribution >= 4 is 24.0 Å². The summed E-state index contributed by atoms with van der Waals surface area (Å²) in [6.07, 6.45) is 5.74. The summed E-state index contributed by atoms with van der Waals surface area (Å²) in [6.45, 7) is 0. The van der Waals surface area contributed by atoms with Gasteiger partial charge in [0.25, 0.3) is 0 Å². The molecule has 0 saturated carbocycles. The number of nitrogens with zero attached hydrogens (tertiary/aromatic N) is 1. The first kappa shape index (κ1) is 10.7. The first-order valence-electron chi connectivity index (χ1n) is 3.38. The molecule has 1 aromatic heterocycles. The summed E-state index contributed by atoms with van der Waals surface area (Å²) in [4.78, 5) is 3.99. The van der Waals surface area contributed by atoms with E-state index in [2.05, 4.69) is 11.1 Å². The number of hydrogen-bond acceptors (Lipinski definition) is 1. The summed E-state index contributed by atoms with van der Waals surface area (Å²) in [5.41, 5.74) is 1.27.